The van der Waals surface area contributed by atoms with E-state index in [2.05, 4.69) is 45.7 Å². The lowest BCUT2D eigenvalue weighted by molar-refractivity contribution is 0.165. The molecule has 0 saturated heterocycles. The Balaban J connectivity index is 1.88. The molecule has 2 rings (SSSR count). The molecule has 4 heteroatoms. The fourth-order valence-electron chi connectivity index (χ4n) is 1.99. The van der Waals surface area contributed by atoms with E-state index >= 15 is 0 Å². The highest BCUT2D eigenvalue weighted by Crippen LogP contribution is 2.16. The third-order valence-corrected chi connectivity index (χ3v) is 2.92. The van der Waals surface area contributed by atoms with Crippen molar-refractivity contribution in [3.05, 3.63) is 31.1 Å². The summed E-state index contributed by atoms with van der Waals surface area (Å²) >= 11 is 0. The van der Waals surface area contributed by atoms with Gasteiger partial charge in [0.2, 0.25) is 0 Å². The van der Waals surface area contributed by atoms with E-state index < -0.39 is 0 Å². The fourth-order valence-corrected chi connectivity index (χ4v) is 1.99. The second-order valence-corrected chi connectivity index (χ2v) is 3.86. The fraction of sp³-hybridized carbons (Fsp3) is 0.545. The van der Waals surface area contributed by atoms with E-state index in [4.69, 9.17) is 0 Å². The first-order chi connectivity index (χ1) is 7.31. The van der Waals surface area contributed by atoms with Gasteiger partial charge in [-0.05, 0) is 6.92 Å². The summed E-state index contributed by atoms with van der Waals surface area (Å²) in [4.78, 5) is 8.67. The molecule has 1 atom stereocenters. The van der Waals surface area contributed by atoms with E-state index in [0.717, 1.165) is 19.5 Å². The Bertz CT molecular complexity index is 317. The average Bonchev–Trinajstić information content (AvgIpc) is 2.84. The molecule has 0 radical (unpaired) electrons. The summed E-state index contributed by atoms with van der Waals surface area (Å²) in [5, 5.41) is 0. The van der Waals surface area contributed by atoms with Crippen LogP contribution in [0.25, 0.3) is 0 Å². The summed E-state index contributed by atoms with van der Waals surface area (Å²) in [6.07, 6.45) is 11.6. The van der Waals surface area contributed by atoms with Gasteiger partial charge < -0.3 is 14.4 Å². The van der Waals surface area contributed by atoms with Crippen LogP contribution in [0, 0.1) is 0 Å². The molecule has 0 N–H and O–H groups in total. The SMILES string of the molecule is CCN1C=CN(C)C1CCn1ccnc1. The largest absolute Gasteiger partial charge is 0.359 e. The van der Waals surface area contributed by atoms with Crippen molar-refractivity contribution in [2.24, 2.45) is 0 Å². The number of imidazole rings is 1. The van der Waals surface area contributed by atoms with Crippen molar-refractivity contribution in [3.63, 3.8) is 0 Å². The quantitative estimate of drug-likeness (QED) is 0.743. The van der Waals surface area contributed by atoms with Crippen LogP contribution < -0.4 is 0 Å². The maximum atomic E-state index is 4.05. The molecular formula is C11H18N4. The molecule has 0 aliphatic carbocycles. The molecule has 0 saturated carbocycles. The Morgan fingerprint density at radius 3 is 2.87 bits per heavy atom. The van der Waals surface area contributed by atoms with Crippen molar-refractivity contribution in [2.45, 2.75) is 26.1 Å². The van der Waals surface area contributed by atoms with Crippen LogP contribution in [0.15, 0.2) is 31.1 Å². The van der Waals surface area contributed by atoms with Gasteiger partial charge in [-0.1, -0.05) is 0 Å². The van der Waals surface area contributed by atoms with Gasteiger partial charge in [-0.2, -0.15) is 0 Å². The van der Waals surface area contributed by atoms with Gasteiger partial charge in [0.05, 0.1) is 6.33 Å². The lowest BCUT2D eigenvalue weighted by Crippen LogP contribution is -2.37. The Kier molecular flexibility index (Phi) is 2.94. The first-order valence-electron chi connectivity index (χ1n) is 5.43. The monoisotopic (exact) mass is 206 g/mol. The third kappa shape index (κ3) is 2.14. The van der Waals surface area contributed by atoms with E-state index in [1.54, 1.807) is 0 Å². The van der Waals surface area contributed by atoms with E-state index in [1.165, 1.54) is 0 Å². The summed E-state index contributed by atoms with van der Waals surface area (Å²) in [6, 6.07) is 0. The van der Waals surface area contributed by atoms with Crippen molar-refractivity contribution in [3.8, 4) is 0 Å². The Morgan fingerprint density at radius 1 is 1.33 bits per heavy atom. The molecule has 0 spiro atoms. The number of hydrogen-bond acceptors (Lipinski definition) is 3. The van der Waals surface area contributed by atoms with Crippen molar-refractivity contribution in [2.75, 3.05) is 13.6 Å². The van der Waals surface area contributed by atoms with Gasteiger partial charge in [0.1, 0.15) is 6.17 Å². The Hall–Kier alpha value is -1.45. The molecule has 0 fully saturated rings. The Labute approximate surface area is 90.8 Å². The molecule has 1 aromatic heterocycles. The van der Waals surface area contributed by atoms with Gasteiger partial charge in [0, 0.05) is 51.4 Å². The normalized spacial score (nSPS) is 20.3. The molecule has 82 valence electrons. The molecule has 4 nitrogen and oxygen atoms in total. The second-order valence-electron chi connectivity index (χ2n) is 3.86. The number of aromatic nitrogens is 2. The number of hydrogen-bond donors (Lipinski definition) is 0. The van der Waals surface area contributed by atoms with Gasteiger partial charge in [-0.15, -0.1) is 0 Å². The molecule has 0 bridgehead atoms. The molecule has 1 unspecified atom stereocenters. The van der Waals surface area contributed by atoms with Crippen molar-refractivity contribution < 1.29 is 0 Å². The van der Waals surface area contributed by atoms with Gasteiger partial charge >= 0.3 is 0 Å². The summed E-state index contributed by atoms with van der Waals surface area (Å²) in [5.74, 6) is 0. The van der Waals surface area contributed by atoms with Gasteiger partial charge in [0.25, 0.3) is 0 Å². The van der Waals surface area contributed by atoms with Crippen molar-refractivity contribution >= 4 is 0 Å². The van der Waals surface area contributed by atoms with Gasteiger partial charge in [-0.3, -0.25) is 0 Å². The van der Waals surface area contributed by atoms with Crippen LogP contribution in [-0.4, -0.2) is 39.1 Å². The van der Waals surface area contributed by atoms with Gasteiger partial charge in [0.15, 0.2) is 0 Å². The minimum absolute atomic E-state index is 0.498. The summed E-state index contributed by atoms with van der Waals surface area (Å²) in [6.45, 7) is 4.27. The predicted molar refractivity (Wildman–Crippen MR) is 59.9 cm³/mol. The van der Waals surface area contributed by atoms with Crippen LogP contribution >= 0.6 is 0 Å². The molecule has 0 amide bonds. The number of nitrogens with zero attached hydrogens (tertiary/aromatic N) is 4. The maximum absolute atomic E-state index is 4.05. The van der Waals surface area contributed by atoms with Crippen LogP contribution in [-0.2, 0) is 6.54 Å². The van der Waals surface area contributed by atoms with Crippen molar-refractivity contribution in [1.29, 1.82) is 0 Å². The standard InChI is InChI=1S/C11H18N4/c1-3-15-9-8-13(2)11(15)4-6-14-7-5-12-10-14/h5,7-11H,3-4,6H2,1-2H3. The third-order valence-electron chi connectivity index (χ3n) is 2.92. The van der Waals surface area contributed by atoms with Crippen LogP contribution in [0.2, 0.25) is 0 Å². The maximum Gasteiger partial charge on any atom is 0.102 e. The van der Waals surface area contributed by atoms with E-state index in [-0.39, 0.29) is 0 Å². The van der Waals surface area contributed by atoms with Crippen LogP contribution in [0.5, 0.6) is 0 Å². The van der Waals surface area contributed by atoms with E-state index in [9.17, 15) is 0 Å². The van der Waals surface area contributed by atoms with E-state index in [0.29, 0.717) is 6.17 Å². The summed E-state index contributed by atoms with van der Waals surface area (Å²) < 4.78 is 2.12. The van der Waals surface area contributed by atoms with Crippen LogP contribution in [0.3, 0.4) is 0 Å². The zero-order valence-corrected chi connectivity index (χ0v) is 9.37. The smallest absolute Gasteiger partial charge is 0.102 e. The summed E-state index contributed by atoms with van der Waals surface area (Å²) in [7, 11) is 2.13. The molecule has 1 aliphatic rings. The highest BCUT2D eigenvalue weighted by atomic mass is 15.4. The average molecular weight is 206 g/mol. The minimum Gasteiger partial charge on any atom is -0.359 e. The van der Waals surface area contributed by atoms with Crippen LogP contribution in [0.1, 0.15) is 13.3 Å². The van der Waals surface area contributed by atoms with E-state index in [1.807, 2.05) is 18.7 Å². The highest BCUT2D eigenvalue weighted by molar-refractivity contribution is 4.95. The molecular weight excluding hydrogens is 188 g/mol. The lowest BCUT2D eigenvalue weighted by Gasteiger charge is -2.29. The number of aryl methyl sites for hydroxylation is 1. The molecule has 2 heterocycles. The highest BCUT2D eigenvalue weighted by Gasteiger charge is 2.21. The molecule has 1 aromatic rings. The lowest BCUT2D eigenvalue weighted by atomic mass is 10.3. The zero-order valence-electron chi connectivity index (χ0n) is 9.37. The van der Waals surface area contributed by atoms with Crippen LogP contribution in [0.4, 0.5) is 0 Å². The Morgan fingerprint density at radius 2 is 2.20 bits per heavy atom. The van der Waals surface area contributed by atoms with Crippen molar-refractivity contribution in [1.82, 2.24) is 19.4 Å². The predicted octanol–water partition coefficient (Wildman–Crippen LogP) is 1.34. The second kappa shape index (κ2) is 4.38. The zero-order chi connectivity index (χ0) is 10.7. The molecule has 0 aromatic carbocycles. The summed E-state index contributed by atoms with van der Waals surface area (Å²) in [5.41, 5.74) is 0. The molecule has 1 aliphatic heterocycles. The minimum atomic E-state index is 0.498. The first-order valence-corrected chi connectivity index (χ1v) is 5.43. The molecule has 15 heavy (non-hydrogen) atoms. The topological polar surface area (TPSA) is 24.3 Å². The number of rotatable bonds is 4. The van der Waals surface area contributed by atoms with Gasteiger partial charge in [-0.25, -0.2) is 4.98 Å². The first kappa shape index (κ1) is 10.1.